The smallest absolute Gasteiger partial charge is 0.331 e. The molecule has 1 aliphatic rings. The summed E-state index contributed by atoms with van der Waals surface area (Å²) in [7, 11) is 2.71. The van der Waals surface area contributed by atoms with E-state index in [2.05, 4.69) is 25.6 Å². The van der Waals surface area contributed by atoms with Gasteiger partial charge in [0.15, 0.2) is 23.3 Å². The summed E-state index contributed by atoms with van der Waals surface area (Å²) in [6.45, 7) is 0.249. The van der Waals surface area contributed by atoms with Crippen molar-refractivity contribution in [3.05, 3.63) is 70.6 Å². The van der Waals surface area contributed by atoms with Gasteiger partial charge in [-0.15, -0.1) is 5.10 Å². The van der Waals surface area contributed by atoms with Gasteiger partial charge in [-0.3, -0.25) is 14.9 Å². The Labute approximate surface area is 200 Å². The van der Waals surface area contributed by atoms with E-state index in [0.29, 0.717) is 23.6 Å². The number of hydrogen-bond donors (Lipinski definition) is 2. The summed E-state index contributed by atoms with van der Waals surface area (Å²) in [5.41, 5.74) is 1.65. The Morgan fingerprint density at radius 2 is 1.91 bits per heavy atom. The van der Waals surface area contributed by atoms with Gasteiger partial charge in [-0.25, -0.2) is 4.79 Å². The van der Waals surface area contributed by atoms with Crippen molar-refractivity contribution in [2.45, 2.75) is 6.54 Å². The summed E-state index contributed by atoms with van der Waals surface area (Å²) in [6.07, 6.45) is 2.54. The van der Waals surface area contributed by atoms with E-state index in [1.165, 1.54) is 20.4 Å². The van der Waals surface area contributed by atoms with Crippen LogP contribution < -0.4 is 20.1 Å². The van der Waals surface area contributed by atoms with Gasteiger partial charge in [-0.2, -0.15) is 5.10 Å². The zero-order chi connectivity index (χ0) is 24.3. The number of carbonyl (C=O) groups excluding carboxylic acids is 3. The molecule has 2 N–H and O–H groups in total. The summed E-state index contributed by atoms with van der Waals surface area (Å²) in [5, 5.41) is 13.4. The van der Waals surface area contributed by atoms with Crippen LogP contribution in [0.25, 0.3) is 0 Å². The number of amides is 2. The first kappa shape index (κ1) is 24.5. The van der Waals surface area contributed by atoms with Crippen LogP contribution in [-0.4, -0.2) is 50.0 Å². The maximum atomic E-state index is 12.1. The molecule has 1 fully saturated rings. The fraction of sp³-hybridized carbons (Fsp3) is 0.174. The van der Waals surface area contributed by atoms with E-state index < -0.39 is 11.9 Å². The summed E-state index contributed by atoms with van der Waals surface area (Å²) in [4.78, 5) is 35.3. The minimum atomic E-state index is -0.634. The van der Waals surface area contributed by atoms with Crippen LogP contribution in [-0.2, 0) is 25.7 Å². The third kappa shape index (κ3) is 7.20. The average molecular weight is 483 g/mol. The molecule has 1 saturated heterocycles. The minimum Gasteiger partial charge on any atom is -0.493 e. The Bertz CT molecular complexity index is 1150. The van der Waals surface area contributed by atoms with Crippen molar-refractivity contribution in [1.82, 2.24) is 10.6 Å². The van der Waals surface area contributed by atoms with E-state index in [9.17, 15) is 14.4 Å². The summed E-state index contributed by atoms with van der Waals surface area (Å²) < 4.78 is 15.4. The number of rotatable bonds is 9. The second-order valence-corrected chi connectivity index (χ2v) is 7.73. The second kappa shape index (κ2) is 12.2. The van der Waals surface area contributed by atoms with Crippen LogP contribution in [0.5, 0.6) is 11.5 Å². The van der Waals surface area contributed by atoms with Crippen molar-refractivity contribution in [2.24, 2.45) is 10.2 Å². The van der Waals surface area contributed by atoms with E-state index in [-0.39, 0.29) is 22.6 Å². The third-order valence-electron chi connectivity index (χ3n) is 4.34. The van der Waals surface area contributed by atoms with Crippen LogP contribution in [0.15, 0.2) is 69.7 Å². The Balaban J connectivity index is 1.55. The molecule has 0 radical (unpaired) electrons. The van der Waals surface area contributed by atoms with Crippen molar-refractivity contribution in [1.29, 1.82) is 0 Å². The summed E-state index contributed by atoms with van der Waals surface area (Å²) in [5.74, 6) is -0.536. The minimum absolute atomic E-state index is 0.164. The number of hydrogen-bond acceptors (Lipinski definition) is 9. The molecule has 0 aliphatic carbocycles. The molecule has 2 aromatic rings. The van der Waals surface area contributed by atoms with Crippen molar-refractivity contribution < 1.29 is 28.6 Å². The van der Waals surface area contributed by atoms with Crippen LogP contribution in [0.1, 0.15) is 11.1 Å². The van der Waals surface area contributed by atoms with Gasteiger partial charge in [0, 0.05) is 12.6 Å². The van der Waals surface area contributed by atoms with Gasteiger partial charge in [0.1, 0.15) is 0 Å². The molecule has 0 unspecified atom stereocenters. The first-order chi connectivity index (χ1) is 16.5. The molecule has 3 rings (SSSR count). The highest BCUT2D eigenvalue weighted by Crippen LogP contribution is 2.28. The molecule has 10 nitrogen and oxygen atoms in total. The maximum absolute atomic E-state index is 12.1. The molecule has 0 bridgehead atoms. The number of esters is 1. The van der Waals surface area contributed by atoms with E-state index >= 15 is 0 Å². The normalized spacial score (nSPS) is 15.4. The number of thioether (sulfide) groups is 1. The first-order valence-electron chi connectivity index (χ1n) is 10.00. The van der Waals surface area contributed by atoms with Crippen LogP contribution in [0.4, 0.5) is 0 Å². The van der Waals surface area contributed by atoms with Gasteiger partial charge in [0.05, 0.1) is 25.3 Å². The number of nitrogens with one attached hydrogen (secondary N) is 2. The SMILES string of the molecule is COC(=O)/C=C1/S/C(=N\N=Cc2ccc(OCC(=O)NCc3ccccc3)c(OC)c2)NC1=O. The van der Waals surface area contributed by atoms with Crippen LogP contribution in [0, 0.1) is 0 Å². The highest BCUT2D eigenvalue weighted by molar-refractivity contribution is 8.18. The Morgan fingerprint density at radius 3 is 2.65 bits per heavy atom. The van der Waals surface area contributed by atoms with Crippen molar-refractivity contribution in [3.63, 3.8) is 0 Å². The lowest BCUT2D eigenvalue weighted by Gasteiger charge is -2.11. The number of amidine groups is 1. The van der Waals surface area contributed by atoms with E-state index in [4.69, 9.17) is 9.47 Å². The quantitative estimate of drug-likeness (QED) is 0.242. The monoisotopic (exact) mass is 482 g/mol. The molecule has 0 aromatic heterocycles. The molecule has 0 saturated carbocycles. The topological polar surface area (TPSA) is 128 Å². The van der Waals surface area contributed by atoms with Crippen LogP contribution in [0.2, 0.25) is 0 Å². The van der Waals surface area contributed by atoms with Crippen LogP contribution in [0.3, 0.4) is 0 Å². The standard InChI is InChI=1S/C23H22N4O6S/c1-31-18-10-16(13-25-27-23-26-22(30)19(34-23)11-21(29)32-2)8-9-17(18)33-14-20(28)24-12-15-6-4-3-5-7-15/h3-11,13H,12,14H2,1-2H3,(H,24,28)(H,26,27,30)/b19-11+,25-13?. The van der Waals surface area contributed by atoms with Crippen molar-refractivity contribution >= 4 is 40.9 Å². The van der Waals surface area contributed by atoms with Crippen molar-refractivity contribution in [2.75, 3.05) is 20.8 Å². The number of ether oxygens (including phenoxy) is 3. The molecular weight excluding hydrogens is 460 g/mol. The lowest BCUT2D eigenvalue weighted by molar-refractivity contribution is -0.135. The number of benzene rings is 2. The molecule has 0 spiro atoms. The molecular formula is C23H22N4O6S. The lowest BCUT2D eigenvalue weighted by Crippen LogP contribution is -2.28. The van der Waals surface area contributed by atoms with Gasteiger partial charge in [0.2, 0.25) is 0 Å². The molecule has 1 heterocycles. The zero-order valence-corrected chi connectivity index (χ0v) is 19.3. The molecule has 34 heavy (non-hydrogen) atoms. The van der Waals surface area contributed by atoms with Gasteiger partial charge < -0.3 is 19.5 Å². The van der Waals surface area contributed by atoms with Gasteiger partial charge >= 0.3 is 5.97 Å². The Hall–Kier alpha value is -4.12. The molecule has 11 heteroatoms. The average Bonchev–Trinajstić information content (AvgIpc) is 3.20. The van der Waals surface area contributed by atoms with Crippen LogP contribution >= 0.6 is 11.8 Å². The Kier molecular flexibility index (Phi) is 8.81. The Morgan fingerprint density at radius 1 is 1.12 bits per heavy atom. The van der Waals surface area contributed by atoms with Gasteiger partial charge in [-0.1, -0.05) is 30.3 Å². The predicted octanol–water partition coefficient (Wildman–Crippen LogP) is 2.00. The highest BCUT2D eigenvalue weighted by atomic mass is 32.2. The zero-order valence-electron chi connectivity index (χ0n) is 18.4. The first-order valence-corrected chi connectivity index (χ1v) is 10.8. The van der Waals surface area contributed by atoms with Gasteiger partial charge in [-0.05, 0) is 41.1 Å². The molecule has 0 atom stereocenters. The summed E-state index contributed by atoms with van der Waals surface area (Å²) >= 11 is 0.973. The largest absolute Gasteiger partial charge is 0.493 e. The molecule has 2 amide bonds. The number of nitrogens with zero attached hydrogens (tertiary/aromatic N) is 2. The fourth-order valence-corrected chi connectivity index (χ4v) is 3.40. The lowest BCUT2D eigenvalue weighted by atomic mass is 10.2. The molecule has 1 aliphatic heterocycles. The van der Waals surface area contributed by atoms with Gasteiger partial charge in [0.25, 0.3) is 11.8 Å². The second-order valence-electron chi connectivity index (χ2n) is 6.70. The third-order valence-corrected chi connectivity index (χ3v) is 5.24. The van der Waals surface area contributed by atoms with E-state index in [1.807, 2.05) is 30.3 Å². The fourth-order valence-electron chi connectivity index (χ4n) is 2.66. The van der Waals surface area contributed by atoms with E-state index in [1.54, 1.807) is 18.2 Å². The maximum Gasteiger partial charge on any atom is 0.331 e. The molecule has 2 aromatic carbocycles. The van der Waals surface area contributed by atoms with E-state index in [0.717, 1.165) is 23.4 Å². The summed E-state index contributed by atoms with van der Waals surface area (Å²) in [6, 6.07) is 14.6. The van der Waals surface area contributed by atoms with Crippen molar-refractivity contribution in [3.8, 4) is 11.5 Å². The highest BCUT2D eigenvalue weighted by Gasteiger charge is 2.25. The predicted molar refractivity (Wildman–Crippen MR) is 128 cm³/mol. The number of carbonyl (C=O) groups is 3. The molecule has 176 valence electrons. The number of methoxy groups -OCH3 is 2.